The molecule has 3 nitrogen and oxygen atoms in total. The fourth-order valence-electron chi connectivity index (χ4n) is 1.59. The molecule has 18 heavy (non-hydrogen) atoms. The van der Waals surface area contributed by atoms with Crippen molar-refractivity contribution in [2.75, 3.05) is 0 Å². The molecule has 0 radical (unpaired) electrons. The largest absolute Gasteiger partial charge is 0.249 e. The van der Waals surface area contributed by atoms with E-state index in [1.807, 2.05) is 13.8 Å². The molecule has 0 saturated heterocycles. The third-order valence-electron chi connectivity index (χ3n) is 2.41. The Morgan fingerprint density at radius 3 is 2.11 bits per heavy atom. The van der Waals surface area contributed by atoms with Gasteiger partial charge in [-0.15, -0.1) is 5.10 Å². The van der Waals surface area contributed by atoms with Gasteiger partial charge in [0.05, 0.1) is 5.69 Å². The highest BCUT2D eigenvalue weighted by atomic mass is 35.6. The summed E-state index contributed by atoms with van der Waals surface area (Å²) >= 11 is 29.7. The standard InChI is InChI=1S/C10H14Cl5N3/c1-3-5-7-8(9(11,12)10(13,14)15)16-17-18(7)6-4-2/h3-6H2,1-2H3. The highest BCUT2D eigenvalue weighted by molar-refractivity contribution is 6.75. The van der Waals surface area contributed by atoms with Crippen molar-refractivity contribution in [2.45, 2.75) is 47.8 Å². The minimum atomic E-state index is -1.87. The molecular formula is C10H14Cl5N3. The second kappa shape index (κ2) is 6.36. The highest BCUT2D eigenvalue weighted by Gasteiger charge is 2.51. The molecule has 0 amide bonds. The number of aromatic nitrogens is 3. The first-order valence-corrected chi connectivity index (χ1v) is 7.52. The number of hydrogen-bond donors (Lipinski definition) is 0. The number of alkyl halides is 5. The number of rotatable bonds is 5. The average molecular weight is 354 g/mol. The van der Waals surface area contributed by atoms with E-state index < -0.39 is 8.13 Å². The molecule has 8 heteroatoms. The third kappa shape index (κ3) is 3.37. The van der Waals surface area contributed by atoms with Crippen LogP contribution in [0.2, 0.25) is 0 Å². The van der Waals surface area contributed by atoms with Gasteiger partial charge in [-0.2, -0.15) is 0 Å². The Morgan fingerprint density at radius 1 is 1.06 bits per heavy atom. The minimum Gasteiger partial charge on any atom is -0.249 e. The van der Waals surface area contributed by atoms with Crippen molar-refractivity contribution < 1.29 is 0 Å². The maximum atomic E-state index is 6.15. The summed E-state index contributed by atoms with van der Waals surface area (Å²) < 4.78 is -1.82. The van der Waals surface area contributed by atoms with E-state index in [0.29, 0.717) is 5.69 Å². The zero-order valence-corrected chi connectivity index (χ0v) is 13.8. The van der Waals surface area contributed by atoms with E-state index in [2.05, 4.69) is 10.3 Å². The van der Waals surface area contributed by atoms with Crippen LogP contribution in [0.1, 0.15) is 38.1 Å². The van der Waals surface area contributed by atoms with Crippen molar-refractivity contribution in [1.29, 1.82) is 0 Å². The van der Waals surface area contributed by atoms with Gasteiger partial charge in [0.2, 0.25) is 8.13 Å². The predicted octanol–water partition coefficient (Wildman–Crippen LogP) is 4.64. The van der Waals surface area contributed by atoms with Gasteiger partial charge in [0.1, 0.15) is 5.69 Å². The van der Waals surface area contributed by atoms with E-state index in [9.17, 15) is 0 Å². The summed E-state index contributed by atoms with van der Waals surface area (Å²) in [6.07, 6.45) is 2.54. The minimum absolute atomic E-state index is 0.320. The molecule has 1 heterocycles. The first kappa shape index (κ1) is 16.6. The Bertz CT molecular complexity index is 397. The van der Waals surface area contributed by atoms with Crippen LogP contribution in [0.25, 0.3) is 0 Å². The molecule has 104 valence electrons. The fraction of sp³-hybridized carbons (Fsp3) is 0.800. The molecule has 0 spiro atoms. The first-order chi connectivity index (χ1) is 8.25. The molecule has 0 aromatic carbocycles. The molecule has 0 aliphatic carbocycles. The summed E-state index contributed by atoms with van der Waals surface area (Å²) in [6, 6.07) is 0. The molecule has 0 atom stereocenters. The van der Waals surface area contributed by atoms with Crippen LogP contribution in [0.4, 0.5) is 0 Å². The molecule has 0 unspecified atom stereocenters. The van der Waals surface area contributed by atoms with Gasteiger partial charge >= 0.3 is 0 Å². The van der Waals surface area contributed by atoms with E-state index >= 15 is 0 Å². The molecule has 1 aromatic rings. The zero-order chi connectivity index (χ0) is 14.0. The Kier molecular flexibility index (Phi) is 5.88. The lowest BCUT2D eigenvalue weighted by molar-refractivity contribution is 0.552. The molecule has 0 aliphatic heterocycles. The second-order valence-electron chi connectivity index (χ2n) is 3.93. The van der Waals surface area contributed by atoms with Crippen molar-refractivity contribution in [3.8, 4) is 0 Å². The first-order valence-electron chi connectivity index (χ1n) is 5.63. The fourth-order valence-corrected chi connectivity index (χ4v) is 2.15. The van der Waals surface area contributed by atoms with Gasteiger partial charge in [-0.3, -0.25) is 0 Å². The van der Waals surface area contributed by atoms with E-state index in [-0.39, 0.29) is 0 Å². The van der Waals surface area contributed by atoms with Crippen LogP contribution in [0.3, 0.4) is 0 Å². The number of hydrogen-bond acceptors (Lipinski definition) is 2. The van der Waals surface area contributed by atoms with Crippen LogP contribution in [-0.4, -0.2) is 18.8 Å². The molecule has 0 fully saturated rings. The maximum absolute atomic E-state index is 6.15. The lowest BCUT2D eigenvalue weighted by Gasteiger charge is -2.26. The molecule has 0 bridgehead atoms. The maximum Gasteiger partial charge on any atom is 0.228 e. The van der Waals surface area contributed by atoms with Crippen molar-refractivity contribution >= 4 is 58.0 Å². The van der Waals surface area contributed by atoms with Gasteiger partial charge in [0.15, 0.2) is 0 Å². The number of halogens is 5. The molecule has 0 saturated carbocycles. The third-order valence-corrected chi connectivity index (χ3v) is 4.77. The number of aryl methyl sites for hydroxylation is 1. The monoisotopic (exact) mass is 351 g/mol. The van der Waals surface area contributed by atoms with Crippen LogP contribution in [-0.2, 0) is 17.3 Å². The molecule has 1 aromatic heterocycles. The summed E-state index contributed by atoms with van der Waals surface area (Å²) in [4.78, 5) is 0. The van der Waals surface area contributed by atoms with E-state index in [1.165, 1.54) is 0 Å². The smallest absolute Gasteiger partial charge is 0.228 e. The Hall–Kier alpha value is 0.590. The predicted molar refractivity (Wildman–Crippen MR) is 78.0 cm³/mol. The van der Waals surface area contributed by atoms with E-state index in [4.69, 9.17) is 58.0 Å². The van der Waals surface area contributed by atoms with Crippen molar-refractivity contribution in [3.05, 3.63) is 11.4 Å². The van der Waals surface area contributed by atoms with Gasteiger partial charge in [-0.25, -0.2) is 4.68 Å². The summed E-state index contributed by atoms with van der Waals surface area (Å²) in [6.45, 7) is 4.80. The summed E-state index contributed by atoms with van der Waals surface area (Å²) in [5.41, 5.74) is 1.14. The molecule has 0 aliphatic rings. The molecular weight excluding hydrogens is 339 g/mol. The Labute approximate surface area is 132 Å². The lowest BCUT2D eigenvalue weighted by atomic mass is 10.1. The van der Waals surface area contributed by atoms with Gasteiger partial charge in [-0.05, 0) is 12.8 Å². The van der Waals surface area contributed by atoms with Crippen LogP contribution >= 0.6 is 58.0 Å². The van der Waals surface area contributed by atoms with E-state index in [1.54, 1.807) is 4.68 Å². The summed E-state index contributed by atoms with van der Waals surface area (Å²) in [5, 5.41) is 8.01. The van der Waals surface area contributed by atoms with E-state index in [0.717, 1.165) is 31.5 Å². The van der Waals surface area contributed by atoms with Gasteiger partial charge in [-0.1, -0.05) is 83.5 Å². The normalized spacial score (nSPS) is 13.1. The second-order valence-corrected chi connectivity index (χ2v) is 7.54. The highest BCUT2D eigenvalue weighted by Crippen LogP contribution is 2.53. The quantitative estimate of drug-likeness (QED) is 0.722. The Balaban J connectivity index is 3.24. The van der Waals surface area contributed by atoms with Gasteiger partial charge < -0.3 is 0 Å². The van der Waals surface area contributed by atoms with Crippen LogP contribution in [0.15, 0.2) is 0 Å². The lowest BCUT2D eigenvalue weighted by Crippen LogP contribution is -2.30. The topological polar surface area (TPSA) is 30.7 Å². The van der Waals surface area contributed by atoms with Gasteiger partial charge in [0.25, 0.3) is 0 Å². The van der Waals surface area contributed by atoms with Crippen LogP contribution in [0, 0.1) is 0 Å². The van der Waals surface area contributed by atoms with Crippen LogP contribution in [0.5, 0.6) is 0 Å². The van der Waals surface area contributed by atoms with Crippen molar-refractivity contribution in [1.82, 2.24) is 15.0 Å². The SMILES string of the molecule is CCCc1c(C(Cl)(Cl)C(Cl)(Cl)Cl)nnn1CCC. The van der Waals surface area contributed by atoms with Crippen molar-refractivity contribution in [2.24, 2.45) is 0 Å². The van der Waals surface area contributed by atoms with Crippen LogP contribution < -0.4 is 0 Å². The number of nitrogens with zero attached hydrogens (tertiary/aromatic N) is 3. The van der Waals surface area contributed by atoms with Crippen molar-refractivity contribution in [3.63, 3.8) is 0 Å². The Morgan fingerprint density at radius 2 is 1.67 bits per heavy atom. The summed E-state index contributed by atoms with van der Waals surface area (Å²) in [5.74, 6) is 0. The zero-order valence-electron chi connectivity index (χ0n) is 10.1. The molecule has 0 N–H and O–H groups in total. The molecule has 1 rings (SSSR count). The summed E-state index contributed by atoms with van der Waals surface area (Å²) in [7, 11) is 0. The van der Waals surface area contributed by atoms with Gasteiger partial charge in [0, 0.05) is 6.54 Å². The average Bonchev–Trinajstić information content (AvgIpc) is 2.62.